The van der Waals surface area contributed by atoms with Crippen LogP contribution in [0.5, 0.6) is 0 Å². The zero-order valence-electron chi connectivity index (χ0n) is 14.9. The first-order valence-corrected chi connectivity index (χ1v) is 7.97. The van der Waals surface area contributed by atoms with E-state index in [2.05, 4.69) is 5.10 Å². The van der Waals surface area contributed by atoms with Crippen molar-refractivity contribution in [3.8, 4) is 11.1 Å². The highest BCUT2D eigenvalue weighted by Crippen LogP contribution is 2.24. The van der Waals surface area contributed by atoms with Crippen molar-refractivity contribution in [1.82, 2.24) is 14.7 Å². The largest absolute Gasteiger partial charge is 0.480 e. The Balaban J connectivity index is 2.20. The minimum absolute atomic E-state index is 0.0415. The first kappa shape index (κ1) is 18.7. The van der Waals surface area contributed by atoms with Gasteiger partial charge in [0.1, 0.15) is 11.6 Å². The molecule has 0 saturated heterocycles. The first-order valence-electron chi connectivity index (χ1n) is 7.97. The number of carbonyl (C=O) groups excluding carboxylic acids is 1. The Morgan fingerprint density at radius 1 is 1.24 bits per heavy atom. The van der Waals surface area contributed by atoms with Gasteiger partial charge in [-0.1, -0.05) is 24.3 Å². The van der Waals surface area contributed by atoms with Crippen LogP contribution in [0.2, 0.25) is 0 Å². The molecular weight excluding hydrogens is 320 g/mol. The van der Waals surface area contributed by atoms with Crippen LogP contribution >= 0.6 is 0 Å². The van der Waals surface area contributed by atoms with Crippen molar-refractivity contribution in [3.63, 3.8) is 0 Å². The summed E-state index contributed by atoms with van der Waals surface area (Å²) in [4.78, 5) is 24.7. The summed E-state index contributed by atoms with van der Waals surface area (Å²) in [6.45, 7) is 3.64. The summed E-state index contributed by atoms with van der Waals surface area (Å²) in [6, 6.07) is 6.58. The van der Waals surface area contributed by atoms with E-state index in [9.17, 15) is 9.59 Å². The van der Waals surface area contributed by atoms with Crippen LogP contribution in [0.1, 0.15) is 19.4 Å². The maximum absolute atomic E-state index is 12.3. The summed E-state index contributed by atoms with van der Waals surface area (Å²) in [5.74, 6) is -1.06. The topological polar surface area (TPSA) is 101 Å². The fourth-order valence-corrected chi connectivity index (χ4v) is 2.60. The third-order valence-electron chi connectivity index (χ3n) is 4.14. The van der Waals surface area contributed by atoms with Gasteiger partial charge in [0.2, 0.25) is 5.91 Å². The Labute approximate surface area is 147 Å². The van der Waals surface area contributed by atoms with E-state index in [1.54, 1.807) is 29.9 Å². The molecule has 25 heavy (non-hydrogen) atoms. The molecule has 0 radical (unpaired) electrons. The van der Waals surface area contributed by atoms with Crippen molar-refractivity contribution in [1.29, 1.82) is 0 Å². The Kier molecular flexibility index (Phi) is 5.27. The van der Waals surface area contributed by atoms with Gasteiger partial charge >= 0.3 is 5.97 Å². The van der Waals surface area contributed by atoms with Gasteiger partial charge in [-0.25, -0.2) is 0 Å². The molecule has 1 amide bonds. The lowest BCUT2D eigenvalue weighted by molar-refractivity contribution is -0.138. The molecule has 1 aromatic carbocycles. The maximum Gasteiger partial charge on any atom is 0.320 e. The van der Waals surface area contributed by atoms with Gasteiger partial charge in [-0.2, -0.15) is 5.10 Å². The van der Waals surface area contributed by atoms with E-state index >= 15 is 0 Å². The second-order valence-corrected chi connectivity index (χ2v) is 6.78. The van der Waals surface area contributed by atoms with Gasteiger partial charge in [-0.3, -0.25) is 14.3 Å². The van der Waals surface area contributed by atoms with Crippen LogP contribution in [-0.4, -0.2) is 51.8 Å². The minimum atomic E-state index is -1.02. The van der Waals surface area contributed by atoms with Gasteiger partial charge in [0.05, 0.1) is 6.20 Å². The van der Waals surface area contributed by atoms with Crippen LogP contribution in [0.3, 0.4) is 0 Å². The molecule has 1 heterocycles. The number of aliphatic carboxylic acids is 1. The lowest BCUT2D eigenvalue weighted by Crippen LogP contribution is -2.44. The summed E-state index contributed by atoms with van der Waals surface area (Å²) in [5.41, 5.74) is 7.45. The third-order valence-corrected chi connectivity index (χ3v) is 4.14. The van der Waals surface area contributed by atoms with Crippen LogP contribution in [0.15, 0.2) is 36.7 Å². The number of amides is 1. The van der Waals surface area contributed by atoms with Crippen molar-refractivity contribution in [2.45, 2.75) is 31.8 Å². The summed E-state index contributed by atoms with van der Waals surface area (Å²) in [5, 5.41) is 13.2. The number of hydrogen-bond donors (Lipinski definition) is 2. The molecule has 0 unspecified atom stereocenters. The smallest absolute Gasteiger partial charge is 0.320 e. The molecule has 0 saturated carbocycles. The molecule has 7 heteroatoms. The number of nitrogens with zero attached hydrogens (tertiary/aromatic N) is 3. The van der Waals surface area contributed by atoms with Crippen molar-refractivity contribution in [2.75, 3.05) is 14.1 Å². The molecule has 134 valence electrons. The molecular formula is C18H24N4O3. The number of nitrogens with two attached hydrogens (primary N) is 1. The van der Waals surface area contributed by atoms with E-state index in [0.717, 1.165) is 16.7 Å². The summed E-state index contributed by atoms with van der Waals surface area (Å²) in [7, 11) is 3.43. The van der Waals surface area contributed by atoms with E-state index in [1.807, 2.05) is 44.3 Å². The van der Waals surface area contributed by atoms with Crippen molar-refractivity contribution < 1.29 is 14.7 Å². The molecule has 1 atom stereocenters. The normalized spacial score (nSPS) is 12.7. The number of carboxylic acids is 1. The number of carboxylic acid groups (broad SMARTS) is 1. The molecule has 0 bridgehead atoms. The zero-order valence-corrected chi connectivity index (χ0v) is 14.9. The van der Waals surface area contributed by atoms with E-state index in [0.29, 0.717) is 0 Å². The molecule has 0 aliphatic heterocycles. The van der Waals surface area contributed by atoms with Gasteiger partial charge in [-0.15, -0.1) is 0 Å². The average molecular weight is 344 g/mol. The highest BCUT2D eigenvalue weighted by atomic mass is 16.4. The third kappa shape index (κ3) is 4.06. The SMILES string of the molecule is CN(C)C(=O)C(C)(C)n1cc(-c2ccc(C[C@H](N)C(=O)O)cc2)cn1. The summed E-state index contributed by atoms with van der Waals surface area (Å²) < 4.78 is 1.65. The molecule has 2 rings (SSSR count). The minimum Gasteiger partial charge on any atom is -0.480 e. The van der Waals surface area contributed by atoms with Gasteiger partial charge in [0.15, 0.2) is 0 Å². The van der Waals surface area contributed by atoms with Gasteiger partial charge in [0, 0.05) is 25.9 Å². The van der Waals surface area contributed by atoms with E-state index in [4.69, 9.17) is 10.8 Å². The Morgan fingerprint density at radius 2 is 1.84 bits per heavy atom. The second kappa shape index (κ2) is 7.06. The van der Waals surface area contributed by atoms with Gasteiger partial charge in [0.25, 0.3) is 0 Å². The monoisotopic (exact) mass is 344 g/mol. The van der Waals surface area contributed by atoms with E-state index < -0.39 is 17.6 Å². The molecule has 0 aliphatic carbocycles. The fraction of sp³-hybridized carbons (Fsp3) is 0.389. The Bertz CT molecular complexity index is 763. The number of aromatic nitrogens is 2. The fourth-order valence-electron chi connectivity index (χ4n) is 2.60. The quantitative estimate of drug-likeness (QED) is 0.823. The number of hydrogen-bond acceptors (Lipinski definition) is 4. The van der Waals surface area contributed by atoms with Crippen molar-refractivity contribution in [3.05, 3.63) is 42.2 Å². The average Bonchev–Trinajstić information content (AvgIpc) is 3.05. The lowest BCUT2D eigenvalue weighted by Gasteiger charge is -2.27. The van der Waals surface area contributed by atoms with Crippen molar-refractivity contribution >= 4 is 11.9 Å². The maximum atomic E-state index is 12.3. The predicted molar refractivity (Wildman–Crippen MR) is 95.0 cm³/mol. The molecule has 2 aromatic rings. The molecule has 0 aliphatic rings. The molecule has 7 nitrogen and oxygen atoms in total. The number of likely N-dealkylation sites (N-methyl/N-ethyl adjacent to an activating group) is 1. The number of rotatable bonds is 6. The summed E-state index contributed by atoms with van der Waals surface area (Å²) in [6.07, 6.45) is 3.82. The van der Waals surface area contributed by atoms with Crippen LogP contribution < -0.4 is 5.73 Å². The van der Waals surface area contributed by atoms with Crippen LogP contribution in [0, 0.1) is 0 Å². The highest BCUT2D eigenvalue weighted by Gasteiger charge is 2.32. The number of benzene rings is 1. The lowest BCUT2D eigenvalue weighted by atomic mass is 10.0. The Hall–Kier alpha value is -2.67. The molecule has 3 N–H and O–H groups in total. The molecule has 1 aromatic heterocycles. The van der Waals surface area contributed by atoms with Gasteiger partial charge < -0.3 is 15.7 Å². The van der Waals surface area contributed by atoms with E-state index in [1.165, 1.54) is 0 Å². The highest BCUT2D eigenvalue weighted by molar-refractivity contribution is 5.83. The second-order valence-electron chi connectivity index (χ2n) is 6.78. The number of carbonyl (C=O) groups is 2. The van der Waals surface area contributed by atoms with Gasteiger partial charge in [-0.05, 0) is 31.4 Å². The summed E-state index contributed by atoms with van der Waals surface area (Å²) >= 11 is 0. The standard InChI is InChI=1S/C18H24N4O3/c1-18(2,17(25)21(3)4)22-11-14(10-20-22)13-7-5-12(6-8-13)9-15(19)16(23)24/h5-8,10-11,15H,9,19H2,1-4H3,(H,23,24)/t15-/m0/s1. The Morgan fingerprint density at radius 3 is 2.36 bits per heavy atom. The van der Waals surface area contributed by atoms with E-state index in [-0.39, 0.29) is 12.3 Å². The van der Waals surface area contributed by atoms with Crippen LogP contribution in [-0.2, 0) is 21.5 Å². The van der Waals surface area contributed by atoms with Crippen LogP contribution in [0.4, 0.5) is 0 Å². The zero-order chi connectivity index (χ0) is 18.8. The molecule has 0 fully saturated rings. The molecule has 0 spiro atoms. The van der Waals surface area contributed by atoms with Crippen molar-refractivity contribution in [2.24, 2.45) is 5.73 Å². The first-order chi connectivity index (χ1) is 11.6. The van der Waals surface area contributed by atoms with Crippen LogP contribution in [0.25, 0.3) is 11.1 Å². The predicted octanol–water partition coefficient (Wildman–Crippen LogP) is 1.33.